The number of carbonyl (C=O) groups excluding carboxylic acids is 1. The Kier molecular flexibility index (Phi) is 4.76. The molecule has 0 radical (unpaired) electrons. The summed E-state index contributed by atoms with van der Waals surface area (Å²) in [4.78, 5) is 26.4. The molecule has 25 heavy (non-hydrogen) atoms. The van der Waals surface area contributed by atoms with E-state index in [4.69, 9.17) is 11.6 Å². The van der Waals surface area contributed by atoms with Crippen molar-refractivity contribution in [3.8, 4) is 0 Å². The molecular formula is C17H13ClN4O3. The van der Waals surface area contributed by atoms with E-state index in [9.17, 15) is 14.9 Å². The maximum atomic E-state index is 11.9. The van der Waals surface area contributed by atoms with Gasteiger partial charge in [-0.1, -0.05) is 17.7 Å². The first kappa shape index (κ1) is 16.7. The Morgan fingerprint density at radius 2 is 2.04 bits per heavy atom. The quantitative estimate of drug-likeness (QED) is 0.329. The SMILES string of the molecule is O=C(/C=C/c1ccc([N+](=O)[O-])cc1)NCc1cn2c(Cl)cccc2n1. The fourth-order valence-corrected chi connectivity index (χ4v) is 2.44. The highest BCUT2D eigenvalue weighted by atomic mass is 35.5. The summed E-state index contributed by atoms with van der Waals surface area (Å²) in [5.74, 6) is -0.290. The van der Waals surface area contributed by atoms with Crippen LogP contribution in [0, 0.1) is 10.1 Å². The summed E-state index contributed by atoms with van der Waals surface area (Å²) in [7, 11) is 0. The van der Waals surface area contributed by atoms with E-state index in [1.807, 2.05) is 6.07 Å². The van der Waals surface area contributed by atoms with Crippen LogP contribution in [0.25, 0.3) is 11.7 Å². The Morgan fingerprint density at radius 3 is 2.72 bits per heavy atom. The third kappa shape index (κ3) is 4.02. The summed E-state index contributed by atoms with van der Waals surface area (Å²) >= 11 is 6.06. The molecule has 3 rings (SSSR count). The molecule has 0 bridgehead atoms. The summed E-state index contributed by atoms with van der Waals surface area (Å²) < 4.78 is 1.73. The summed E-state index contributed by atoms with van der Waals surface area (Å²) in [6.07, 6.45) is 4.71. The minimum Gasteiger partial charge on any atom is -0.347 e. The molecule has 2 aromatic heterocycles. The lowest BCUT2D eigenvalue weighted by Crippen LogP contribution is -2.20. The molecule has 0 aliphatic heterocycles. The van der Waals surface area contributed by atoms with Gasteiger partial charge in [-0.05, 0) is 35.9 Å². The zero-order valence-corrected chi connectivity index (χ0v) is 13.7. The van der Waals surface area contributed by atoms with E-state index in [1.165, 1.54) is 18.2 Å². The first-order valence-corrected chi connectivity index (χ1v) is 7.73. The molecule has 1 amide bonds. The summed E-state index contributed by atoms with van der Waals surface area (Å²) in [5.41, 5.74) is 2.09. The second kappa shape index (κ2) is 7.14. The number of hydrogen-bond acceptors (Lipinski definition) is 4. The third-order valence-electron chi connectivity index (χ3n) is 3.47. The van der Waals surface area contributed by atoms with Gasteiger partial charge >= 0.3 is 0 Å². The molecule has 1 aromatic carbocycles. The number of hydrogen-bond donors (Lipinski definition) is 1. The Morgan fingerprint density at radius 1 is 1.28 bits per heavy atom. The van der Waals surface area contributed by atoms with Crippen molar-refractivity contribution in [1.29, 1.82) is 0 Å². The van der Waals surface area contributed by atoms with E-state index in [-0.39, 0.29) is 18.1 Å². The van der Waals surface area contributed by atoms with Gasteiger partial charge in [-0.25, -0.2) is 4.98 Å². The van der Waals surface area contributed by atoms with Crippen LogP contribution < -0.4 is 5.32 Å². The third-order valence-corrected chi connectivity index (χ3v) is 3.78. The van der Waals surface area contributed by atoms with Gasteiger partial charge in [-0.15, -0.1) is 0 Å². The summed E-state index contributed by atoms with van der Waals surface area (Å²) in [5, 5.41) is 13.9. The van der Waals surface area contributed by atoms with Crippen molar-refractivity contribution < 1.29 is 9.72 Å². The number of nitro benzene ring substituents is 1. The largest absolute Gasteiger partial charge is 0.347 e. The van der Waals surface area contributed by atoms with Gasteiger partial charge in [-0.2, -0.15) is 0 Å². The molecule has 0 aliphatic carbocycles. The van der Waals surface area contributed by atoms with Crippen molar-refractivity contribution in [2.75, 3.05) is 0 Å². The fraction of sp³-hybridized carbons (Fsp3) is 0.0588. The second-order valence-electron chi connectivity index (χ2n) is 5.21. The van der Waals surface area contributed by atoms with Crippen molar-refractivity contribution in [1.82, 2.24) is 14.7 Å². The molecule has 0 atom stereocenters. The lowest BCUT2D eigenvalue weighted by Gasteiger charge is -1.98. The van der Waals surface area contributed by atoms with Gasteiger partial charge < -0.3 is 5.32 Å². The number of benzene rings is 1. The molecular weight excluding hydrogens is 344 g/mol. The first-order valence-electron chi connectivity index (χ1n) is 7.36. The number of carbonyl (C=O) groups is 1. The minimum absolute atomic E-state index is 0.00658. The van der Waals surface area contributed by atoms with E-state index >= 15 is 0 Å². The fourth-order valence-electron chi connectivity index (χ4n) is 2.23. The smallest absolute Gasteiger partial charge is 0.269 e. The molecule has 0 saturated carbocycles. The van der Waals surface area contributed by atoms with Gasteiger partial charge in [0, 0.05) is 24.4 Å². The number of pyridine rings is 1. The van der Waals surface area contributed by atoms with E-state index in [0.717, 1.165) is 0 Å². The zero-order chi connectivity index (χ0) is 17.8. The van der Waals surface area contributed by atoms with Gasteiger partial charge in [0.05, 0.1) is 17.2 Å². The standard InChI is InChI=1S/C17H13ClN4O3/c18-15-2-1-3-16-20-13(11-21(15)16)10-19-17(23)9-6-12-4-7-14(8-5-12)22(24)25/h1-9,11H,10H2,(H,19,23)/b9-6+. The number of rotatable bonds is 5. The summed E-state index contributed by atoms with van der Waals surface area (Å²) in [6, 6.07) is 11.3. The minimum atomic E-state index is -0.471. The van der Waals surface area contributed by atoms with E-state index in [0.29, 0.717) is 22.1 Å². The predicted molar refractivity (Wildman–Crippen MR) is 94.2 cm³/mol. The van der Waals surface area contributed by atoms with Gasteiger partial charge in [0.25, 0.3) is 5.69 Å². The second-order valence-corrected chi connectivity index (χ2v) is 5.60. The average molecular weight is 357 g/mol. The van der Waals surface area contributed by atoms with Crippen molar-refractivity contribution in [2.24, 2.45) is 0 Å². The van der Waals surface area contributed by atoms with E-state index in [2.05, 4.69) is 10.3 Å². The number of imidazole rings is 1. The predicted octanol–water partition coefficient (Wildman–Crippen LogP) is 3.23. The molecule has 3 aromatic rings. The van der Waals surface area contributed by atoms with Crippen molar-refractivity contribution in [2.45, 2.75) is 6.54 Å². The molecule has 0 spiro atoms. The Bertz CT molecular complexity index is 964. The monoisotopic (exact) mass is 356 g/mol. The highest BCUT2D eigenvalue weighted by molar-refractivity contribution is 6.29. The Labute approximate surface area is 147 Å². The van der Waals surface area contributed by atoms with Crippen LogP contribution in [0.1, 0.15) is 11.3 Å². The normalized spacial score (nSPS) is 11.1. The van der Waals surface area contributed by atoms with E-state index < -0.39 is 4.92 Å². The lowest BCUT2D eigenvalue weighted by molar-refractivity contribution is -0.384. The average Bonchev–Trinajstić information content (AvgIpc) is 3.03. The first-order chi connectivity index (χ1) is 12.0. The van der Waals surface area contributed by atoms with Crippen LogP contribution in [0.5, 0.6) is 0 Å². The van der Waals surface area contributed by atoms with Crippen LogP contribution >= 0.6 is 11.6 Å². The van der Waals surface area contributed by atoms with Gasteiger partial charge in [0.2, 0.25) is 5.91 Å². The molecule has 126 valence electrons. The van der Waals surface area contributed by atoms with E-state index in [1.54, 1.807) is 40.9 Å². The molecule has 8 heteroatoms. The number of nitrogens with one attached hydrogen (secondary N) is 1. The van der Waals surface area contributed by atoms with Crippen molar-refractivity contribution >= 4 is 34.9 Å². The van der Waals surface area contributed by atoms with Crippen LogP contribution in [-0.2, 0) is 11.3 Å². The number of amides is 1. The zero-order valence-electron chi connectivity index (χ0n) is 12.9. The lowest BCUT2D eigenvalue weighted by atomic mass is 10.2. The topological polar surface area (TPSA) is 89.5 Å². The molecule has 0 unspecified atom stereocenters. The highest BCUT2D eigenvalue weighted by Crippen LogP contribution is 2.14. The number of nitrogens with zero attached hydrogens (tertiary/aromatic N) is 3. The molecule has 7 nitrogen and oxygen atoms in total. The van der Waals surface area contributed by atoms with Crippen molar-refractivity contribution in [3.05, 3.63) is 81.3 Å². The van der Waals surface area contributed by atoms with Crippen LogP contribution in [0.15, 0.2) is 54.7 Å². The number of halogens is 1. The Hall–Kier alpha value is -3.19. The molecule has 0 fully saturated rings. The van der Waals surface area contributed by atoms with Crippen LogP contribution in [0.3, 0.4) is 0 Å². The van der Waals surface area contributed by atoms with Crippen molar-refractivity contribution in [3.63, 3.8) is 0 Å². The summed E-state index contributed by atoms with van der Waals surface area (Å²) in [6.45, 7) is 0.265. The van der Waals surface area contributed by atoms with Crippen LogP contribution in [-0.4, -0.2) is 20.2 Å². The van der Waals surface area contributed by atoms with Gasteiger partial charge in [0.15, 0.2) is 0 Å². The van der Waals surface area contributed by atoms with Gasteiger partial charge in [0.1, 0.15) is 10.8 Å². The van der Waals surface area contributed by atoms with Gasteiger partial charge in [-0.3, -0.25) is 19.3 Å². The maximum Gasteiger partial charge on any atom is 0.269 e. The maximum absolute atomic E-state index is 11.9. The number of nitro groups is 1. The number of non-ortho nitro benzene ring substituents is 1. The Balaban J connectivity index is 1.60. The molecule has 0 aliphatic rings. The molecule has 0 saturated heterocycles. The van der Waals surface area contributed by atoms with Crippen LogP contribution in [0.2, 0.25) is 5.15 Å². The highest BCUT2D eigenvalue weighted by Gasteiger charge is 2.05. The number of fused-ring (bicyclic) bond motifs is 1. The van der Waals surface area contributed by atoms with Crippen LogP contribution in [0.4, 0.5) is 5.69 Å². The molecule has 1 N–H and O–H groups in total. The number of aromatic nitrogens is 2. The molecule has 2 heterocycles.